The summed E-state index contributed by atoms with van der Waals surface area (Å²) in [5.41, 5.74) is 7.34. The van der Waals surface area contributed by atoms with E-state index in [1.54, 1.807) is 0 Å². The molecule has 0 aliphatic rings. The molecule has 0 heterocycles. The molecule has 0 aliphatic carbocycles. The van der Waals surface area contributed by atoms with E-state index in [0.717, 1.165) is 21.6 Å². The summed E-state index contributed by atoms with van der Waals surface area (Å²) in [6.45, 7) is 22.0. The molecule has 0 N–H and O–H groups in total. The monoisotopic (exact) mass is 480 g/mol. The highest BCUT2D eigenvalue weighted by Gasteiger charge is 2.20. The van der Waals surface area contributed by atoms with Crippen molar-refractivity contribution in [2.75, 3.05) is 0 Å². The van der Waals surface area contributed by atoms with Gasteiger partial charge in [0, 0.05) is 0 Å². The van der Waals surface area contributed by atoms with Gasteiger partial charge < -0.3 is 0 Å². The molecule has 5 aromatic carbocycles. The first kappa shape index (κ1) is 24.8. The lowest BCUT2D eigenvalue weighted by Gasteiger charge is -2.23. The highest BCUT2D eigenvalue weighted by molar-refractivity contribution is 6.25. The lowest BCUT2D eigenvalue weighted by Crippen LogP contribution is -2.26. The number of benzene rings is 5. The Kier molecular flexibility index (Phi) is 6.16. The third-order valence-electron chi connectivity index (χ3n) is 7.53. The average Bonchev–Trinajstić information content (AvgIpc) is 2.85. The van der Waals surface area contributed by atoms with E-state index in [4.69, 9.17) is 0 Å². The molecule has 0 aliphatic heterocycles. The summed E-state index contributed by atoms with van der Waals surface area (Å²) in [5.74, 6) is 0. The second kappa shape index (κ2) is 9.20. The summed E-state index contributed by atoms with van der Waals surface area (Å²) in [6.07, 6.45) is 6.36. The molecule has 0 spiro atoms. The van der Waals surface area contributed by atoms with E-state index in [0.29, 0.717) is 0 Å². The molecule has 0 fully saturated rings. The largest absolute Gasteiger partial charge is 0.0955 e. The standard InChI is InChI=1S/C37H36/c1-9-10-14-29(23(2)3)35(30-15-12-11-13-24(30)4)33-20-25(5)31-18-16-26-21-28(37(6,7)8)22-27-17-19-32(33)36(31)34(26)27/h9-22H,2,4H2,1,3,5-8H3/b10-9-,29-14+,35-30+. The van der Waals surface area contributed by atoms with Crippen molar-refractivity contribution < 1.29 is 0 Å². The van der Waals surface area contributed by atoms with Crippen LogP contribution in [0.4, 0.5) is 0 Å². The Labute approximate surface area is 221 Å². The molecule has 0 unspecified atom stereocenters. The van der Waals surface area contributed by atoms with Gasteiger partial charge in [-0.1, -0.05) is 124 Å². The summed E-state index contributed by atoms with van der Waals surface area (Å²) in [5, 5.41) is 10.1. The van der Waals surface area contributed by atoms with Crippen LogP contribution in [-0.4, -0.2) is 0 Å². The quantitative estimate of drug-likeness (QED) is 0.178. The molecule has 37 heavy (non-hydrogen) atoms. The molecule has 0 aromatic heterocycles. The number of hydrogen-bond donors (Lipinski definition) is 0. The van der Waals surface area contributed by atoms with Gasteiger partial charge in [0.2, 0.25) is 0 Å². The van der Waals surface area contributed by atoms with Gasteiger partial charge in [0.15, 0.2) is 0 Å². The molecular weight excluding hydrogens is 444 g/mol. The van der Waals surface area contributed by atoms with Crippen molar-refractivity contribution in [3.63, 3.8) is 0 Å². The third-order valence-corrected chi connectivity index (χ3v) is 7.53. The Bertz CT molecular complexity index is 1830. The second-order valence-corrected chi connectivity index (χ2v) is 11.3. The van der Waals surface area contributed by atoms with Crippen molar-refractivity contribution in [2.45, 2.75) is 47.0 Å². The van der Waals surface area contributed by atoms with Gasteiger partial charge in [0.05, 0.1) is 0 Å². The summed E-state index contributed by atoms with van der Waals surface area (Å²) >= 11 is 0. The fourth-order valence-electron chi connectivity index (χ4n) is 5.56. The van der Waals surface area contributed by atoms with Crippen molar-refractivity contribution in [3.8, 4) is 0 Å². The number of aryl methyl sites for hydroxylation is 1. The van der Waals surface area contributed by atoms with Gasteiger partial charge in [-0.15, -0.1) is 0 Å². The van der Waals surface area contributed by atoms with E-state index >= 15 is 0 Å². The van der Waals surface area contributed by atoms with Gasteiger partial charge in [-0.05, 0) is 96.8 Å². The summed E-state index contributed by atoms with van der Waals surface area (Å²) in [7, 11) is 0. The van der Waals surface area contributed by atoms with Crippen LogP contribution in [0.25, 0.3) is 44.5 Å². The Morgan fingerprint density at radius 3 is 2.08 bits per heavy atom. The average molecular weight is 481 g/mol. The molecule has 0 bridgehead atoms. The van der Waals surface area contributed by atoms with E-state index < -0.39 is 0 Å². The minimum atomic E-state index is 0.0955. The summed E-state index contributed by atoms with van der Waals surface area (Å²) in [4.78, 5) is 0. The molecular formula is C37H36. The summed E-state index contributed by atoms with van der Waals surface area (Å²) in [6, 6.07) is 24.8. The fraction of sp³-hybridized carbons (Fsp3) is 0.189. The minimum absolute atomic E-state index is 0.0955. The molecule has 0 saturated carbocycles. The summed E-state index contributed by atoms with van der Waals surface area (Å²) < 4.78 is 0. The molecule has 0 nitrogen and oxygen atoms in total. The van der Waals surface area contributed by atoms with Gasteiger partial charge in [0.25, 0.3) is 0 Å². The van der Waals surface area contributed by atoms with Crippen molar-refractivity contribution in [2.24, 2.45) is 0 Å². The number of rotatable bonds is 4. The molecule has 5 aromatic rings. The Morgan fingerprint density at radius 2 is 1.49 bits per heavy atom. The van der Waals surface area contributed by atoms with Gasteiger partial charge in [-0.2, -0.15) is 0 Å². The van der Waals surface area contributed by atoms with Crippen molar-refractivity contribution >= 4 is 44.5 Å². The van der Waals surface area contributed by atoms with Crippen LogP contribution in [0.5, 0.6) is 0 Å². The normalized spacial score (nSPS) is 13.8. The van der Waals surface area contributed by atoms with Crippen molar-refractivity contribution in [1.82, 2.24) is 0 Å². The predicted octanol–water partition coefficient (Wildman–Crippen LogP) is 8.88. The first-order chi connectivity index (χ1) is 17.6. The minimum Gasteiger partial charge on any atom is -0.0955 e. The van der Waals surface area contributed by atoms with Crippen LogP contribution in [0.1, 0.15) is 51.3 Å². The van der Waals surface area contributed by atoms with Crippen molar-refractivity contribution in [3.05, 3.63) is 130 Å². The van der Waals surface area contributed by atoms with Crippen molar-refractivity contribution in [1.29, 1.82) is 0 Å². The molecule has 0 heteroatoms. The van der Waals surface area contributed by atoms with E-state index in [2.05, 4.69) is 133 Å². The molecule has 0 amide bonds. The maximum absolute atomic E-state index is 4.41. The second-order valence-electron chi connectivity index (χ2n) is 11.3. The smallest absolute Gasteiger partial charge is 0.00179 e. The maximum atomic E-state index is 4.41. The molecule has 5 rings (SSSR count). The zero-order valence-corrected chi connectivity index (χ0v) is 23.0. The van der Waals surface area contributed by atoms with E-state index in [1.807, 2.05) is 6.92 Å². The van der Waals surface area contributed by atoms with Crippen LogP contribution < -0.4 is 10.4 Å². The van der Waals surface area contributed by atoms with Gasteiger partial charge in [0.1, 0.15) is 0 Å². The third kappa shape index (κ3) is 4.21. The van der Waals surface area contributed by atoms with Crippen LogP contribution in [0.3, 0.4) is 0 Å². The van der Waals surface area contributed by atoms with Gasteiger partial charge in [-0.3, -0.25) is 0 Å². The van der Waals surface area contributed by atoms with Crippen LogP contribution in [-0.2, 0) is 5.41 Å². The predicted molar refractivity (Wildman–Crippen MR) is 165 cm³/mol. The highest BCUT2D eigenvalue weighted by atomic mass is 14.2. The SMILES string of the molecule is C=C(C)C(=C\C=C/C)/C(c1cc(C)c2ccc3cc(C(C)(C)C)cc4ccc1c2c34)=c1/ccccc1=C. The molecule has 0 radical (unpaired) electrons. The number of allylic oxidation sites excluding steroid dienone is 5. The van der Waals surface area contributed by atoms with Crippen LogP contribution in [0.2, 0.25) is 0 Å². The van der Waals surface area contributed by atoms with Gasteiger partial charge >= 0.3 is 0 Å². The van der Waals surface area contributed by atoms with E-state index in [1.165, 1.54) is 54.6 Å². The van der Waals surface area contributed by atoms with Gasteiger partial charge in [-0.25, -0.2) is 0 Å². The lowest BCUT2D eigenvalue weighted by molar-refractivity contribution is 0.591. The zero-order valence-electron chi connectivity index (χ0n) is 23.0. The Morgan fingerprint density at radius 1 is 0.838 bits per heavy atom. The fourth-order valence-corrected chi connectivity index (χ4v) is 5.56. The topological polar surface area (TPSA) is 0 Å². The maximum Gasteiger partial charge on any atom is -0.00179 e. The van der Waals surface area contributed by atoms with Crippen LogP contribution in [0, 0.1) is 6.92 Å². The first-order valence-corrected chi connectivity index (χ1v) is 13.1. The zero-order chi connectivity index (χ0) is 26.5. The van der Waals surface area contributed by atoms with Crippen LogP contribution >= 0.6 is 0 Å². The molecule has 184 valence electrons. The van der Waals surface area contributed by atoms with Crippen LogP contribution in [0.15, 0.2) is 103 Å². The lowest BCUT2D eigenvalue weighted by atomic mass is 9.81. The Hall–Kier alpha value is -3.90. The van der Waals surface area contributed by atoms with E-state index in [9.17, 15) is 0 Å². The Balaban J connectivity index is 2.00. The molecule has 0 saturated heterocycles. The first-order valence-electron chi connectivity index (χ1n) is 13.1. The number of hydrogen-bond acceptors (Lipinski definition) is 0. The highest BCUT2D eigenvalue weighted by Crippen LogP contribution is 2.42. The molecule has 0 atom stereocenters. The van der Waals surface area contributed by atoms with E-state index in [-0.39, 0.29) is 5.41 Å².